The molecule has 7 heteroatoms. The van der Waals surface area contributed by atoms with Crippen LogP contribution in [0.1, 0.15) is 0 Å². The van der Waals surface area contributed by atoms with Crippen molar-refractivity contribution in [2.45, 2.75) is 0 Å². The zero-order valence-corrected chi connectivity index (χ0v) is 5.76. The summed E-state index contributed by atoms with van der Waals surface area (Å²) in [7, 11) is 0. The van der Waals surface area contributed by atoms with E-state index in [1.807, 2.05) is 0 Å². The van der Waals surface area contributed by atoms with Crippen molar-refractivity contribution in [3.63, 3.8) is 0 Å². The summed E-state index contributed by atoms with van der Waals surface area (Å²) in [6.45, 7) is 0.851. The fourth-order valence-electron chi connectivity index (χ4n) is 0.348. The maximum atomic E-state index is 10.1. The first-order chi connectivity index (χ1) is 4.63. The van der Waals surface area contributed by atoms with Crippen LogP contribution in [0, 0.1) is 10.1 Å². The number of thioether (sulfide) groups is 1. The lowest BCUT2D eigenvalue weighted by atomic mass is 10.8. The molecule has 0 aromatic rings. The van der Waals surface area contributed by atoms with Gasteiger partial charge in [-0.05, 0) is 0 Å². The van der Waals surface area contributed by atoms with Gasteiger partial charge in [-0.25, -0.2) is 0 Å². The highest BCUT2D eigenvalue weighted by molar-refractivity contribution is 8.13. The second kappa shape index (κ2) is 4.86. The molecule has 1 amide bonds. The number of nitrogens with zero attached hydrogens (tertiary/aromatic N) is 1. The Morgan fingerprint density at radius 2 is 2.30 bits per heavy atom. The van der Waals surface area contributed by atoms with Crippen LogP contribution in [0.25, 0.3) is 0 Å². The van der Waals surface area contributed by atoms with E-state index in [9.17, 15) is 4.79 Å². The third kappa shape index (κ3) is 7.02. The maximum absolute atomic E-state index is 10.1. The fourth-order valence-corrected chi connectivity index (χ4v) is 0.941. The van der Waals surface area contributed by atoms with Crippen molar-refractivity contribution < 1.29 is 15.1 Å². The van der Waals surface area contributed by atoms with E-state index in [0.717, 1.165) is 12.3 Å². The molecule has 1 rings (SSSR count). The number of hydrogen-bond donors (Lipinski definition) is 2. The van der Waals surface area contributed by atoms with Crippen LogP contribution in [0.4, 0.5) is 4.79 Å². The zero-order chi connectivity index (χ0) is 7.98. The van der Waals surface area contributed by atoms with E-state index in [4.69, 9.17) is 15.3 Å². The monoisotopic (exact) mass is 166 g/mol. The number of carbonyl (C=O) groups excluding carboxylic acids is 1. The maximum Gasteiger partial charge on any atom is 0.291 e. The minimum atomic E-state index is -1.50. The molecular weight excluding hydrogens is 160 g/mol. The smallest absolute Gasteiger partial charge is 0.291 e. The quantitative estimate of drug-likeness (QED) is 0.393. The molecule has 1 heterocycles. The lowest BCUT2D eigenvalue weighted by molar-refractivity contribution is -0.742. The fraction of sp³-hybridized carbons (Fsp3) is 0.667. The third-order valence-electron chi connectivity index (χ3n) is 0.605. The predicted octanol–water partition coefficient (Wildman–Crippen LogP) is 0.0951. The van der Waals surface area contributed by atoms with Crippen LogP contribution >= 0.6 is 11.8 Å². The molecule has 0 aliphatic carbocycles. The van der Waals surface area contributed by atoms with Crippen molar-refractivity contribution in [1.29, 1.82) is 0 Å². The first kappa shape index (κ1) is 9.02. The summed E-state index contributed by atoms with van der Waals surface area (Å²) >= 11 is 1.35. The van der Waals surface area contributed by atoms with E-state index in [2.05, 4.69) is 5.32 Å². The van der Waals surface area contributed by atoms with Crippen LogP contribution in [0.3, 0.4) is 0 Å². The van der Waals surface area contributed by atoms with Gasteiger partial charge in [-0.3, -0.25) is 4.79 Å². The van der Waals surface area contributed by atoms with Crippen molar-refractivity contribution in [3.8, 4) is 0 Å². The normalized spacial score (nSPS) is 15.0. The van der Waals surface area contributed by atoms with Crippen LogP contribution in [0.5, 0.6) is 0 Å². The van der Waals surface area contributed by atoms with Gasteiger partial charge in [0.15, 0.2) is 0 Å². The number of rotatable bonds is 0. The number of hydrogen-bond acceptors (Lipinski definition) is 4. The molecule has 0 spiro atoms. The molecule has 0 atom stereocenters. The number of amides is 1. The molecule has 1 aliphatic rings. The van der Waals surface area contributed by atoms with Gasteiger partial charge in [0.25, 0.3) is 10.3 Å². The first-order valence-electron chi connectivity index (χ1n) is 2.37. The zero-order valence-electron chi connectivity index (χ0n) is 4.94. The Labute approximate surface area is 60.7 Å². The van der Waals surface area contributed by atoms with Gasteiger partial charge in [0.2, 0.25) is 0 Å². The molecule has 1 aliphatic heterocycles. The molecule has 0 unspecified atom stereocenters. The summed E-state index contributed by atoms with van der Waals surface area (Å²) in [5, 5.41) is 16.4. The third-order valence-corrected chi connectivity index (χ3v) is 1.42. The van der Waals surface area contributed by atoms with Gasteiger partial charge in [0, 0.05) is 12.3 Å². The topological polar surface area (TPSA) is 92.5 Å². The molecular formula is C3H6N2O4S. The van der Waals surface area contributed by atoms with Crippen molar-refractivity contribution in [2.24, 2.45) is 0 Å². The van der Waals surface area contributed by atoms with E-state index in [-0.39, 0.29) is 5.24 Å². The second-order valence-electron chi connectivity index (χ2n) is 1.30. The Morgan fingerprint density at radius 3 is 2.40 bits per heavy atom. The molecule has 0 saturated carbocycles. The lowest BCUT2D eigenvalue weighted by Gasteiger charge is -1.78. The molecule has 10 heavy (non-hydrogen) atoms. The lowest BCUT2D eigenvalue weighted by Crippen LogP contribution is -2.10. The molecule has 58 valence electrons. The molecule has 6 nitrogen and oxygen atoms in total. The van der Waals surface area contributed by atoms with Crippen LogP contribution in [-0.2, 0) is 0 Å². The first-order valence-corrected chi connectivity index (χ1v) is 3.35. The van der Waals surface area contributed by atoms with Gasteiger partial charge in [-0.1, -0.05) is 11.8 Å². The number of nitrogens with one attached hydrogen (secondary N) is 1. The summed E-state index contributed by atoms with van der Waals surface area (Å²) in [6.07, 6.45) is 0. The van der Waals surface area contributed by atoms with Gasteiger partial charge in [0.1, 0.15) is 0 Å². The van der Waals surface area contributed by atoms with Gasteiger partial charge >= 0.3 is 0 Å². The molecule has 0 radical (unpaired) electrons. The number of carbonyl (C=O) groups is 1. The van der Waals surface area contributed by atoms with Gasteiger partial charge < -0.3 is 10.5 Å². The Balaban J connectivity index is 0.000000180. The van der Waals surface area contributed by atoms with Crippen LogP contribution in [-0.4, -0.2) is 27.8 Å². The summed E-state index contributed by atoms with van der Waals surface area (Å²) < 4.78 is 0. The van der Waals surface area contributed by atoms with Gasteiger partial charge in [-0.15, -0.1) is 10.1 Å². The van der Waals surface area contributed by atoms with E-state index in [1.54, 1.807) is 0 Å². The summed E-state index contributed by atoms with van der Waals surface area (Å²) in [4.78, 5) is 18.5. The molecule has 1 fully saturated rings. The van der Waals surface area contributed by atoms with Crippen molar-refractivity contribution in [3.05, 3.63) is 10.1 Å². The summed E-state index contributed by atoms with van der Waals surface area (Å²) in [6, 6.07) is 0. The van der Waals surface area contributed by atoms with Crippen molar-refractivity contribution in [2.75, 3.05) is 12.3 Å². The SMILES string of the molecule is O=C1NCCS1.O=[N+]([O-])O. The molecule has 1 saturated heterocycles. The Bertz CT molecular complexity index is 126. The largest absolute Gasteiger partial charge is 0.346 e. The Kier molecular flexibility index (Phi) is 4.38. The van der Waals surface area contributed by atoms with Gasteiger partial charge in [0.05, 0.1) is 0 Å². The van der Waals surface area contributed by atoms with Crippen LogP contribution in [0.15, 0.2) is 0 Å². The highest BCUT2D eigenvalue weighted by atomic mass is 32.2. The molecule has 2 N–H and O–H groups in total. The minimum Gasteiger partial charge on any atom is -0.346 e. The highest BCUT2D eigenvalue weighted by Gasteiger charge is 2.06. The molecule has 0 bridgehead atoms. The van der Waals surface area contributed by atoms with E-state index >= 15 is 0 Å². The van der Waals surface area contributed by atoms with Crippen LogP contribution < -0.4 is 5.32 Å². The van der Waals surface area contributed by atoms with Crippen LogP contribution in [0.2, 0.25) is 0 Å². The van der Waals surface area contributed by atoms with Crippen molar-refractivity contribution >= 4 is 17.0 Å². The Hall–Kier alpha value is -0.980. The van der Waals surface area contributed by atoms with E-state index < -0.39 is 5.09 Å². The summed E-state index contributed by atoms with van der Waals surface area (Å²) in [5.74, 6) is 0.943. The second-order valence-corrected chi connectivity index (χ2v) is 2.37. The molecule has 0 aromatic carbocycles. The van der Waals surface area contributed by atoms with E-state index in [0.29, 0.717) is 0 Å². The van der Waals surface area contributed by atoms with Crippen molar-refractivity contribution in [1.82, 2.24) is 5.32 Å². The predicted molar refractivity (Wildman–Crippen MR) is 34.6 cm³/mol. The van der Waals surface area contributed by atoms with Gasteiger partial charge in [-0.2, -0.15) is 0 Å². The average molecular weight is 166 g/mol. The van der Waals surface area contributed by atoms with E-state index in [1.165, 1.54) is 11.8 Å². The standard InChI is InChI=1S/C3H5NOS.HNO3/c5-3-4-1-2-6-3;2-1(3)4/h1-2H2,(H,4,5);(H,2,3,4). The minimum absolute atomic E-state index is 0.120. The Morgan fingerprint density at radius 1 is 1.80 bits per heavy atom. The average Bonchev–Trinajstić information content (AvgIpc) is 2.15. The highest BCUT2D eigenvalue weighted by Crippen LogP contribution is 2.04. The molecule has 0 aromatic heterocycles. The summed E-state index contributed by atoms with van der Waals surface area (Å²) in [5.41, 5.74) is 0.